The molecule has 4 rings (SSSR count). The fourth-order valence-electron chi connectivity index (χ4n) is 3.73. The molecular formula is C24H15Cl3F4N2O2. The molecule has 182 valence electrons. The van der Waals surface area contributed by atoms with Gasteiger partial charge in [-0.3, -0.25) is 9.59 Å². The molecule has 35 heavy (non-hydrogen) atoms. The standard InChI is InChI=1S/C24H15Cl3F4N2O2/c25-16-6-5-14(10-15(16)22(34)33-18-7-4-13(28)9-17(18)29)32-23(35)20-19(24(20,26)27)11-2-1-3-12(8-11)21(30)31/h1-10,19-21H,(H,32,35)(H,33,34)/t19-,20+/m0/s1. The summed E-state index contributed by atoms with van der Waals surface area (Å²) in [5.74, 6) is -4.84. The highest BCUT2D eigenvalue weighted by Gasteiger charge is 2.67. The van der Waals surface area contributed by atoms with E-state index in [0.717, 1.165) is 12.1 Å². The van der Waals surface area contributed by atoms with Crippen molar-refractivity contribution in [2.24, 2.45) is 5.92 Å². The van der Waals surface area contributed by atoms with E-state index in [-0.39, 0.29) is 27.5 Å². The second-order valence-electron chi connectivity index (χ2n) is 7.86. The Morgan fingerprint density at radius 2 is 1.69 bits per heavy atom. The normalized spacial score (nSPS) is 18.3. The van der Waals surface area contributed by atoms with Crippen LogP contribution in [-0.4, -0.2) is 16.1 Å². The maximum absolute atomic E-state index is 13.9. The van der Waals surface area contributed by atoms with Crippen LogP contribution >= 0.6 is 34.8 Å². The van der Waals surface area contributed by atoms with Crippen LogP contribution in [0.4, 0.5) is 28.9 Å². The van der Waals surface area contributed by atoms with Gasteiger partial charge in [-0.05, 0) is 42.0 Å². The van der Waals surface area contributed by atoms with Gasteiger partial charge in [-0.2, -0.15) is 0 Å². The zero-order valence-electron chi connectivity index (χ0n) is 17.5. The van der Waals surface area contributed by atoms with Crippen LogP contribution in [0, 0.1) is 17.6 Å². The smallest absolute Gasteiger partial charge is 0.263 e. The quantitative estimate of drug-likeness (QED) is 0.252. The molecule has 0 saturated heterocycles. The summed E-state index contributed by atoms with van der Waals surface area (Å²) in [6, 6.07) is 12.2. The number of carbonyl (C=O) groups is 2. The molecule has 4 nitrogen and oxygen atoms in total. The molecule has 1 fully saturated rings. The van der Waals surface area contributed by atoms with Crippen LogP contribution in [0.25, 0.3) is 0 Å². The molecule has 11 heteroatoms. The molecule has 0 heterocycles. The van der Waals surface area contributed by atoms with Crippen LogP contribution in [0.5, 0.6) is 0 Å². The summed E-state index contributed by atoms with van der Waals surface area (Å²) < 4.78 is 51.6. The van der Waals surface area contributed by atoms with Crippen molar-refractivity contribution in [2.75, 3.05) is 10.6 Å². The third-order valence-electron chi connectivity index (χ3n) is 5.52. The zero-order valence-corrected chi connectivity index (χ0v) is 19.7. The van der Waals surface area contributed by atoms with Gasteiger partial charge in [0, 0.05) is 23.2 Å². The molecule has 1 aliphatic rings. The van der Waals surface area contributed by atoms with Gasteiger partial charge in [0.15, 0.2) is 0 Å². The summed E-state index contributed by atoms with van der Waals surface area (Å²) in [5, 5.41) is 4.88. The van der Waals surface area contributed by atoms with Crippen molar-refractivity contribution in [1.29, 1.82) is 0 Å². The van der Waals surface area contributed by atoms with Gasteiger partial charge < -0.3 is 10.6 Å². The Morgan fingerprint density at radius 1 is 0.943 bits per heavy atom. The fourth-order valence-corrected chi connectivity index (χ4v) is 4.76. The molecule has 0 bridgehead atoms. The second-order valence-corrected chi connectivity index (χ2v) is 9.71. The zero-order chi connectivity index (χ0) is 25.5. The average Bonchev–Trinajstić information content (AvgIpc) is 3.39. The van der Waals surface area contributed by atoms with Gasteiger partial charge in [0.1, 0.15) is 16.0 Å². The lowest BCUT2D eigenvalue weighted by Crippen LogP contribution is -2.18. The van der Waals surface area contributed by atoms with Crippen molar-refractivity contribution in [3.63, 3.8) is 0 Å². The molecule has 2 atom stereocenters. The first-order valence-electron chi connectivity index (χ1n) is 10.1. The molecule has 0 radical (unpaired) electrons. The first kappa shape index (κ1) is 25.3. The number of hydrogen-bond acceptors (Lipinski definition) is 2. The number of halogens is 7. The van der Waals surface area contributed by atoms with E-state index in [4.69, 9.17) is 34.8 Å². The van der Waals surface area contributed by atoms with Gasteiger partial charge in [-0.15, -0.1) is 23.2 Å². The van der Waals surface area contributed by atoms with E-state index in [0.29, 0.717) is 11.6 Å². The Balaban J connectivity index is 1.51. The van der Waals surface area contributed by atoms with Crippen LogP contribution in [0.2, 0.25) is 5.02 Å². The Bertz CT molecular complexity index is 1320. The van der Waals surface area contributed by atoms with Crippen molar-refractivity contribution in [3.05, 3.63) is 94.0 Å². The highest BCUT2D eigenvalue weighted by Crippen LogP contribution is 2.65. The molecule has 0 aromatic heterocycles. The maximum Gasteiger partial charge on any atom is 0.263 e. The fraction of sp³-hybridized carbons (Fsp3) is 0.167. The first-order valence-corrected chi connectivity index (χ1v) is 11.2. The van der Waals surface area contributed by atoms with E-state index < -0.39 is 46.0 Å². The van der Waals surface area contributed by atoms with E-state index in [2.05, 4.69) is 10.6 Å². The molecule has 1 saturated carbocycles. The maximum atomic E-state index is 13.9. The predicted octanol–water partition coefficient (Wildman–Crippen LogP) is 7.33. The topological polar surface area (TPSA) is 58.2 Å². The number of amides is 2. The minimum absolute atomic E-state index is 0.0140. The molecule has 0 aliphatic heterocycles. The van der Waals surface area contributed by atoms with E-state index in [1.54, 1.807) is 6.07 Å². The second kappa shape index (κ2) is 9.68. The molecule has 3 aromatic carbocycles. The molecule has 2 N–H and O–H groups in total. The van der Waals surface area contributed by atoms with E-state index >= 15 is 0 Å². The van der Waals surface area contributed by atoms with Crippen molar-refractivity contribution >= 4 is 58.0 Å². The van der Waals surface area contributed by atoms with Gasteiger partial charge in [0.25, 0.3) is 12.3 Å². The molecule has 0 spiro atoms. The average molecular weight is 546 g/mol. The minimum Gasteiger partial charge on any atom is -0.326 e. The lowest BCUT2D eigenvalue weighted by Gasteiger charge is -2.11. The molecule has 2 amide bonds. The summed E-state index contributed by atoms with van der Waals surface area (Å²) in [6.07, 6.45) is -2.69. The van der Waals surface area contributed by atoms with Crippen LogP contribution < -0.4 is 10.6 Å². The Hall–Kier alpha value is -2.81. The van der Waals surface area contributed by atoms with Crippen LogP contribution in [0.15, 0.2) is 60.7 Å². The summed E-state index contributed by atoms with van der Waals surface area (Å²) in [6.45, 7) is 0. The third-order valence-corrected chi connectivity index (χ3v) is 6.79. The lowest BCUT2D eigenvalue weighted by molar-refractivity contribution is -0.117. The largest absolute Gasteiger partial charge is 0.326 e. The SMILES string of the molecule is O=C(Nc1ccc(F)cc1F)c1cc(NC(=O)[C@H]2[C@H](c3cccc(C(F)F)c3)C2(Cl)Cl)ccc1Cl. The van der Waals surface area contributed by atoms with Gasteiger partial charge in [0.2, 0.25) is 5.91 Å². The molecular weight excluding hydrogens is 531 g/mol. The number of hydrogen-bond donors (Lipinski definition) is 2. The number of carbonyl (C=O) groups excluding carboxylic acids is 2. The van der Waals surface area contributed by atoms with Crippen molar-refractivity contribution in [1.82, 2.24) is 0 Å². The number of rotatable bonds is 6. The van der Waals surface area contributed by atoms with Gasteiger partial charge >= 0.3 is 0 Å². The van der Waals surface area contributed by atoms with E-state index in [1.165, 1.54) is 36.4 Å². The van der Waals surface area contributed by atoms with Crippen LogP contribution in [0.1, 0.15) is 33.8 Å². The predicted molar refractivity (Wildman–Crippen MR) is 126 cm³/mol. The monoisotopic (exact) mass is 544 g/mol. The summed E-state index contributed by atoms with van der Waals surface area (Å²) in [7, 11) is 0. The van der Waals surface area contributed by atoms with Gasteiger partial charge in [-0.1, -0.05) is 29.8 Å². The molecule has 0 unspecified atom stereocenters. The van der Waals surface area contributed by atoms with E-state index in [1.807, 2.05) is 0 Å². The number of anilines is 2. The molecule has 3 aromatic rings. The van der Waals surface area contributed by atoms with Crippen LogP contribution in [0.3, 0.4) is 0 Å². The van der Waals surface area contributed by atoms with Crippen molar-refractivity contribution in [2.45, 2.75) is 16.7 Å². The summed E-state index contributed by atoms with van der Waals surface area (Å²) in [5.41, 5.74) is -0.00895. The molecule has 1 aliphatic carbocycles. The highest BCUT2D eigenvalue weighted by atomic mass is 35.5. The third kappa shape index (κ3) is 5.24. The number of alkyl halides is 4. The Kier molecular flexibility index (Phi) is 6.99. The number of nitrogens with one attached hydrogen (secondary N) is 2. The van der Waals surface area contributed by atoms with Crippen molar-refractivity contribution in [3.8, 4) is 0 Å². The Labute approximate surface area is 212 Å². The number of benzene rings is 3. The summed E-state index contributed by atoms with van der Waals surface area (Å²) >= 11 is 18.7. The van der Waals surface area contributed by atoms with Crippen molar-refractivity contribution < 1.29 is 27.2 Å². The highest BCUT2D eigenvalue weighted by molar-refractivity contribution is 6.53. The summed E-state index contributed by atoms with van der Waals surface area (Å²) in [4.78, 5) is 25.5. The van der Waals surface area contributed by atoms with Crippen LogP contribution in [-0.2, 0) is 4.79 Å². The minimum atomic E-state index is -2.69. The van der Waals surface area contributed by atoms with Gasteiger partial charge in [0.05, 0.1) is 22.2 Å². The first-order chi connectivity index (χ1) is 16.5. The lowest BCUT2D eigenvalue weighted by atomic mass is 10.1. The Morgan fingerprint density at radius 3 is 2.37 bits per heavy atom. The van der Waals surface area contributed by atoms with Gasteiger partial charge in [-0.25, -0.2) is 17.6 Å². The van der Waals surface area contributed by atoms with E-state index in [9.17, 15) is 27.2 Å².